The molecule has 0 spiro atoms. The molecule has 7 heteroatoms. The first kappa shape index (κ1) is 11.5. The topological polar surface area (TPSA) is 91.8 Å². The molecule has 1 N–H and O–H groups in total. The number of H-pyrrole nitrogens is 1. The number of carbonyl (C=O) groups excluding carboxylic acids is 2. The Kier molecular flexibility index (Phi) is 2.59. The summed E-state index contributed by atoms with van der Waals surface area (Å²) >= 11 is 0. The number of amides is 2. The first-order chi connectivity index (χ1) is 9.18. The smallest absolute Gasteiger partial charge is 0.261 e. The highest BCUT2D eigenvalue weighted by molar-refractivity contribution is 6.09. The second-order valence-electron chi connectivity index (χ2n) is 4.35. The minimum atomic E-state index is -0.535. The molecule has 1 aromatic heterocycles. The third kappa shape index (κ3) is 1.79. The highest BCUT2D eigenvalue weighted by atomic mass is 16.2. The van der Waals surface area contributed by atoms with Crippen molar-refractivity contribution in [2.24, 2.45) is 0 Å². The third-order valence-electron chi connectivity index (χ3n) is 3.20. The van der Waals surface area contributed by atoms with Gasteiger partial charge in [-0.1, -0.05) is 23.4 Å². The van der Waals surface area contributed by atoms with E-state index in [2.05, 4.69) is 20.6 Å². The maximum atomic E-state index is 12.4. The number of hydrogen-bond donors (Lipinski definition) is 1. The van der Waals surface area contributed by atoms with Crippen molar-refractivity contribution in [1.29, 1.82) is 0 Å². The van der Waals surface area contributed by atoms with Gasteiger partial charge in [0.05, 0.1) is 6.42 Å². The summed E-state index contributed by atoms with van der Waals surface area (Å²) in [6.07, 6.45) is 0.212. The Balaban J connectivity index is 2.00. The molecule has 0 bridgehead atoms. The molecule has 2 aromatic rings. The Morgan fingerprint density at radius 1 is 1.32 bits per heavy atom. The average molecular weight is 257 g/mol. The standard InChI is InChI=1S/C12H11N5O2/c1-7(11-13-15-16-14-11)17-10(18)6-8-4-2-3-5-9(8)12(17)19/h2-5,7H,6H2,1H3,(H,13,14,15,16). The van der Waals surface area contributed by atoms with Crippen LogP contribution in [0.15, 0.2) is 24.3 Å². The lowest BCUT2D eigenvalue weighted by Crippen LogP contribution is -2.44. The molecule has 1 aliphatic heterocycles. The van der Waals surface area contributed by atoms with Gasteiger partial charge in [0.25, 0.3) is 5.91 Å². The lowest BCUT2D eigenvalue weighted by molar-refractivity contribution is -0.130. The second kappa shape index (κ2) is 4.27. The summed E-state index contributed by atoms with van der Waals surface area (Å²) in [5, 5.41) is 13.4. The summed E-state index contributed by atoms with van der Waals surface area (Å²) in [6.45, 7) is 1.70. The Labute approximate surface area is 108 Å². The SMILES string of the molecule is CC(c1nn[nH]n1)N1C(=O)Cc2ccccc2C1=O. The number of aromatic amines is 1. The molecule has 1 aliphatic rings. The van der Waals surface area contributed by atoms with Gasteiger partial charge >= 0.3 is 0 Å². The second-order valence-corrected chi connectivity index (χ2v) is 4.35. The van der Waals surface area contributed by atoms with Crippen LogP contribution in [0, 0.1) is 0 Å². The van der Waals surface area contributed by atoms with Gasteiger partial charge in [-0.05, 0) is 18.6 Å². The number of tetrazole rings is 1. The van der Waals surface area contributed by atoms with E-state index in [1.54, 1.807) is 25.1 Å². The molecular formula is C12H11N5O2. The van der Waals surface area contributed by atoms with Crippen LogP contribution in [0.2, 0.25) is 0 Å². The molecule has 1 unspecified atom stereocenters. The van der Waals surface area contributed by atoms with Crippen LogP contribution in [0.4, 0.5) is 0 Å². The zero-order valence-corrected chi connectivity index (χ0v) is 10.2. The minimum Gasteiger partial charge on any atom is -0.274 e. The van der Waals surface area contributed by atoms with Gasteiger partial charge in [-0.3, -0.25) is 14.5 Å². The molecular weight excluding hydrogens is 246 g/mol. The van der Waals surface area contributed by atoms with E-state index < -0.39 is 6.04 Å². The maximum Gasteiger partial charge on any atom is 0.261 e. The predicted molar refractivity (Wildman–Crippen MR) is 63.9 cm³/mol. The lowest BCUT2D eigenvalue weighted by Gasteiger charge is -2.30. The highest BCUT2D eigenvalue weighted by Crippen LogP contribution is 2.26. The summed E-state index contributed by atoms with van der Waals surface area (Å²) < 4.78 is 0. The minimum absolute atomic E-state index is 0.212. The fourth-order valence-corrected chi connectivity index (χ4v) is 2.23. The summed E-state index contributed by atoms with van der Waals surface area (Å²) in [5.41, 5.74) is 1.31. The highest BCUT2D eigenvalue weighted by Gasteiger charge is 2.35. The number of benzene rings is 1. The molecule has 0 saturated carbocycles. The summed E-state index contributed by atoms with van der Waals surface area (Å²) in [5.74, 6) is -0.244. The monoisotopic (exact) mass is 257 g/mol. The molecule has 3 rings (SSSR count). The van der Waals surface area contributed by atoms with E-state index in [0.29, 0.717) is 11.4 Å². The maximum absolute atomic E-state index is 12.4. The van der Waals surface area contributed by atoms with Gasteiger partial charge in [0.2, 0.25) is 5.91 Å². The number of aromatic nitrogens is 4. The first-order valence-electron chi connectivity index (χ1n) is 5.86. The van der Waals surface area contributed by atoms with Crippen molar-refractivity contribution in [2.45, 2.75) is 19.4 Å². The molecule has 1 aromatic carbocycles. The number of fused-ring (bicyclic) bond motifs is 1. The molecule has 19 heavy (non-hydrogen) atoms. The van der Waals surface area contributed by atoms with Crippen LogP contribution < -0.4 is 0 Å². The summed E-state index contributed by atoms with van der Waals surface area (Å²) in [4.78, 5) is 25.7. The molecule has 0 fully saturated rings. The van der Waals surface area contributed by atoms with Crippen molar-refractivity contribution in [3.05, 3.63) is 41.2 Å². The fraction of sp³-hybridized carbons (Fsp3) is 0.250. The molecule has 2 amide bonds. The van der Waals surface area contributed by atoms with Gasteiger partial charge in [-0.25, -0.2) is 0 Å². The van der Waals surface area contributed by atoms with E-state index in [9.17, 15) is 9.59 Å². The van der Waals surface area contributed by atoms with Crippen molar-refractivity contribution < 1.29 is 9.59 Å². The molecule has 96 valence electrons. The van der Waals surface area contributed by atoms with E-state index in [-0.39, 0.29) is 18.2 Å². The zero-order chi connectivity index (χ0) is 13.4. The van der Waals surface area contributed by atoms with Crippen LogP contribution >= 0.6 is 0 Å². The number of carbonyl (C=O) groups is 2. The van der Waals surface area contributed by atoms with Crippen LogP contribution in [0.3, 0.4) is 0 Å². The number of imide groups is 1. The number of rotatable bonds is 2. The van der Waals surface area contributed by atoms with Gasteiger partial charge < -0.3 is 0 Å². The van der Waals surface area contributed by atoms with Crippen molar-refractivity contribution >= 4 is 11.8 Å². The van der Waals surface area contributed by atoms with Gasteiger partial charge in [0.1, 0.15) is 6.04 Å². The third-order valence-corrected chi connectivity index (χ3v) is 3.20. The van der Waals surface area contributed by atoms with Crippen molar-refractivity contribution in [1.82, 2.24) is 25.5 Å². The predicted octanol–water partition coefficient (Wildman–Crippen LogP) is 0.486. The van der Waals surface area contributed by atoms with E-state index in [0.717, 1.165) is 5.56 Å². The molecule has 0 aliphatic carbocycles. The number of nitrogens with zero attached hydrogens (tertiary/aromatic N) is 4. The van der Waals surface area contributed by atoms with Gasteiger partial charge in [-0.2, -0.15) is 5.21 Å². The van der Waals surface area contributed by atoms with Crippen LogP contribution in [0.5, 0.6) is 0 Å². The van der Waals surface area contributed by atoms with E-state index in [4.69, 9.17) is 0 Å². The molecule has 0 radical (unpaired) electrons. The lowest BCUT2D eigenvalue weighted by atomic mass is 9.97. The van der Waals surface area contributed by atoms with Crippen LogP contribution in [0.1, 0.15) is 34.7 Å². The van der Waals surface area contributed by atoms with Crippen LogP contribution in [0.25, 0.3) is 0 Å². The van der Waals surface area contributed by atoms with Crippen molar-refractivity contribution in [3.63, 3.8) is 0 Å². The largest absolute Gasteiger partial charge is 0.274 e. The Hall–Kier alpha value is -2.57. The molecule has 7 nitrogen and oxygen atoms in total. The van der Waals surface area contributed by atoms with E-state index in [1.165, 1.54) is 4.90 Å². The zero-order valence-electron chi connectivity index (χ0n) is 10.2. The average Bonchev–Trinajstić information content (AvgIpc) is 2.92. The Morgan fingerprint density at radius 2 is 2.11 bits per heavy atom. The Morgan fingerprint density at radius 3 is 2.84 bits per heavy atom. The quantitative estimate of drug-likeness (QED) is 0.790. The summed E-state index contributed by atoms with van der Waals surface area (Å²) in [7, 11) is 0. The van der Waals surface area contributed by atoms with Gasteiger partial charge in [0, 0.05) is 5.56 Å². The number of nitrogens with one attached hydrogen (secondary N) is 1. The first-order valence-corrected chi connectivity index (χ1v) is 5.86. The number of hydrogen-bond acceptors (Lipinski definition) is 5. The normalized spacial score (nSPS) is 16.4. The van der Waals surface area contributed by atoms with Crippen molar-refractivity contribution in [2.75, 3.05) is 0 Å². The van der Waals surface area contributed by atoms with E-state index in [1.807, 2.05) is 6.07 Å². The Bertz CT molecular complexity index is 637. The fourth-order valence-electron chi connectivity index (χ4n) is 2.23. The molecule has 1 atom stereocenters. The van der Waals surface area contributed by atoms with E-state index >= 15 is 0 Å². The van der Waals surface area contributed by atoms with Crippen LogP contribution in [-0.2, 0) is 11.2 Å². The summed E-state index contributed by atoms with van der Waals surface area (Å²) in [6, 6.07) is 6.58. The van der Waals surface area contributed by atoms with Crippen LogP contribution in [-0.4, -0.2) is 37.3 Å². The van der Waals surface area contributed by atoms with Gasteiger partial charge in [0.15, 0.2) is 5.82 Å². The molecule has 2 heterocycles. The van der Waals surface area contributed by atoms with Gasteiger partial charge in [-0.15, -0.1) is 10.2 Å². The van der Waals surface area contributed by atoms with Crippen molar-refractivity contribution in [3.8, 4) is 0 Å². The molecule has 0 saturated heterocycles.